The van der Waals surface area contributed by atoms with E-state index in [9.17, 15) is 9.59 Å². The standard InChI is InChI=1S/C14H19NO3S/c1-2-18-14(17)12-4-3-6-15(9-12)13(16)8-11-5-7-19-10-11/h5,7,10,12H,2-4,6,8-9H2,1H3/t12-/m1/s1. The van der Waals surface area contributed by atoms with Crippen LogP contribution >= 0.6 is 11.3 Å². The highest BCUT2D eigenvalue weighted by molar-refractivity contribution is 7.07. The van der Waals surface area contributed by atoms with Crippen molar-refractivity contribution >= 4 is 23.2 Å². The van der Waals surface area contributed by atoms with Crippen LogP contribution in [0.25, 0.3) is 0 Å². The quantitative estimate of drug-likeness (QED) is 0.794. The first kappa shape index (κ1) is 14.1. The summed E-state index contributed by atoms with van der Waals surface area (Å²) in [6, 6.07) is 1.97. The Labute approximate surface area is 117 Å². The fourth-order valence-electron chi connectivity index (χ4n) is 2.34. The molecule has 0 aromatic carbocycles. The molecule has 1 aromatic heterocycles. The van der Waals surface area contributed by atoms with Crippen LogP contribution in [0.15, 0.2) is 16.8 Å². The third kappa shape index (κ3) is 3.80. The van der Waals surface area contributed by atoms with Gasteiger partial charge in [-0.25, -0.2) is 0 Å². The van der Waals surface area contributed by atoms with Crippen molar-refractivity contribution < 1.29 is 14.3 Å². The molecule has 1 aromatic rings. The smallest absolute Gasteiger partial charge is 0.310 e. The number of carbonyl (C=O) groups excluding carboxylic acids is 2. The zero-order valence-corrected chi connectivity index (χ0v) is 11.9. The van der Waals surface area contributed by atoms with Crippen molar-refractivity contribution in [3.05, 3.63) is 22.4 Å². The average Bonchev–Trinajstić information content (AvgIpc) is 2.92. The molecular formula is C14H19NO3S. The van der Waals surface area contributed by atoms with Crippen LogP contribution in [-0.2, 0) is 20.7 Å². The fraction of sp³-hybridized carbons (Fsp3) is 0.571. The number of hydrogen-bond acceptors (Lipinski definition) is 4. The Hall–Kier alpha value is -1.36. The van der Waals surface area contributed by atoms with Gasteiger partial charge < -0.3 is 9.64 Å². The zero-order chi connectivity index (χ0) is 13.7. The Morgan fingerprint density at radius 2 is 2.37 bits per heavy atom. The predicted octanol–water partition coefficient (Wildman–Crippen LogP) is 2.09. The molecule has 0 bridgehead atoms. The second kappa shape index (κ2) is 6.70. The summed E-state index contributed by atoms with van der Waals surface area (Å²) in [4.78, 5) is 25.7. The van der Waals surface area contributed by atoms with Crippen molar-refractivity contribution in [2.24, 2.45) is 5.92 Å². The number of rotatable bonds is 4. The third-order valence-electron chi connectivity index (χ3n) is 3.33. The van der Waals surface area contributed by atoms with Gasteiger partial charge in [-0.2, -0.15) is 11.3 Å². The van der Waals surface area contributed by atoms with Crippen LogP contribution in [-0.4, -0.2) is 36.5 Å². The third-order valence-corrected chi connectivity index (χ3v) is 4.06. The lowest BCUT2D eigenvalue weighted by molar-refractivity contribution is -0.151. The van der Waals surface area contributed by atoms with E-state index in [0.29, 0.717) is 19.6 Å². The second-order valence-electron chi connectivity index (χ2n) is 4.74. The number of esters is 1. The molecule has 0 aliphatic carbocycles. The van der Waals surface area contributed by atoms with E-state index < -0.39 is 0 Å². The molecule has 1 amide bonds. The van der Waals surface area contributed by atoms with E-state index in [0.717, 1.165) is 24.9 Å². The lowest BCUT2D eigenvalue weighted by Gasteiger charge is -2.31. The van der Waals surface area contributed by atoms with E-state index in [4.69, 9.17) is 4.74 Å². The van der Waals surface area contributed by atoms with Crippen molar-refractivity contribution in [1.29, 1.82) is 0 Å². The number of carbonyl (C=O) groups is 2. The number of nitrogens with zero attached hydrogens (tertiary/aromatic N) is 1. The van der Waals surface area contributed by atoms with E-state index in [-0.39, 0.29) is 17.8 Å². The molecule has 0 radical (unpaired) electrons. The summed E-state index contributed by atoms with van der Waals surface area (Å²) in [7, 11) is 0. The maximum Gasteiger partial charge on any atom is 0.310 e. The average molecular weight is 281 g/mol. The molecule has 1 fully saturated rings. The van der Waals surface area contributed by atoms with Gasteiger partial charge in [0.25, 0.3) is 0 Å². The second-order valence-corrected chi connectivity index (χ2v) is 5.52. The largest absolute Gasteiger partial charge is 0.466 e. The van der Waals surface area contributed by atoms with E-state index in [1.54, 1.807) is 23.2 Å². The number of likely N-dealkylation sites (tertiary alicyclic amines) is 1. The summed E-state index contributed by atoms with van der Waals surface area (Å²) in [5, 5.41) is 3.96. The molecule has 0 spiro atoms. The lowest BCUT2D eigenvalue weighted by Crippen LogP contribution is -2.43. The van der Waals surface area contributed by atoms with Gasteiger partial charge in [0.2, 0.25) is 5.91 Å². The van der Waals surface area contributed by atoms with Crippen LogP contribution in [0, 0.1) is 5.92 Å². The highest BCUT2D eigenvalue weighted by Gasteiger charge is 2.29. The monoisotopic (exact) mass is 281 g/mol. The number of amides is 1. The van der Waals surface area contributed by atoms with Crippen molar-refractivity contribution in [3.63, 3.8) is 0 Å². The van der Waals surface area contributed by atoms with Gasteiger partial charge in [0.15, 0.2) is 0 Å². The van der Waals surface area contributed by atoms with Crippen LogP contribution in [0.2, 0.25) is 0 Å². The maximum absolute atomic E-state index is 12.2. The minimum absolute atomic E-state index is 0.104. The molecule has 104 valence electrons. The Bertz CT molecular complexity index is 430. The molecular weight excluding hydrogens is 262 g/mol. The van der Waals surface area contributed by atoms with Crippen LogP contribution < -0.4 is 0 Å². The summed E-state index contributed by atoms with van der Waals surface area (Å²) in [5.74, 6) is -0.219. The number of piperidine rings is 1. The molecule has 0 saturated carbocycles. The van der Waals surface area contributed by atoms with Crippen LogP contribution in [0.3, 0.4) is 0 Å². The van der Waals surface area contributed by atoms with E-state index in [1.807, 2.05) is 16.8 Å². The van der Waals surface area contributed by atoms with Crippen LogP contribution in [0.4, 0.5) is 0 Å². The van der Waals surface area contributed by atoms with Gasteiger partial charge in [0, 0.05) is 13.1 Å². The number of thiophene rings is 1. The van der Waals surface area contributed by atoms with Gasteiger partial charge in [-0.05, 0) is 42.2 Å². The highest BCUT2D eigenvalue weighted by atomic mass is 32.1. The van der Waals surface area contributed by atoms with Gasteiger partial charge >= 0.3 is 5.97 Å². The minimum Gasteiger partial charge on any atom is -0.466 e. The van der Waals surface area contributed by atoms with Crippen molar-refractivity contribution in [2.45, 2.75) is 26.2 Å². The Morgan fingerprint density at radius 1 is 1.53 bits per heavy atom. The molecule has 2 rings (SSSR count). The SMILES string of the molecule is CCOC(=O)[C@@H]1CCCN(C(=O)Cc2ccsc2)C1. The van der Waals surface area contributed by atoms with E-state index in [1.165, 1.54) is 0 Å². The number of hydrogen-bond donors (Lipinski definition) is 0. The van der Waals surface area contributed by atoms with Crippen LogP contribution in [0.1, 0.15) is 25.3 Å². The minimum atomic E-state index is -0.171. The molecule has 4 nitrogen and oxygen atoms in total. The Morgan fingerprint density at radius 3 is 3.05 bits per heavy atom. The van der Waals surface area contributed by atoms with Gasteiger partial charge in [0.1, 0.15) is 0 Å². The molecule has 0 N–H and O–H groups in total. The molecule has 0 unspecified atom stereocenters. The first-order valence-electron chi connectivity index (χ1n) is 6.66. The summed E-state index contributed by atoms with van der Waals surface area (Å²) >= 11 is 1.60. The molecule has 5 heteroatoms. The zero-order valence-electron chi connectivity index (χ0n) is 11.1. The van der Waals surface area contributed by atoms with Gasteiger partial charge in [0.05, 0.1) is 18.9 Å². The topological polar surface area (TPSA) is 46.6 Å². The van der Waals surface area contributed by atoms with Gasteiger partial charge in [-0.3, -0.25) is 9.59 Å². The molecule has 1 atom stereocenters. The van der Waals surface area contributed by atoms with E-state index >= 15 is 0 Å². The Kier molecular flexibility index (Phi) is 4.96. The number of ether oxygens (including phenoxy) is 1. The summed E-state index contributed by atoms with van der Waals surface area (Å²) in [5.41, 5.74) is 1.05. The van der Waals surface area contributed by atoms with Crippen molar-refractivity contribution in [1.82, 2.24) is 4.90 Å². The molecule has 2 heterocycles. The lowest BCUT2D eigenvalue weighted by atomic mass is 9.97. The van der Waals surface area contributed by atoms with Crippen molar-refractivity contribution in [3.8, 4) is 0 Å². The summed E-state index contributed by atoms with van der Waals surface area (Å²) < 4.78 is 5.04. The van der Waals surface area contributed by atoms with Gasteiger partial charge in [-0.15, -0.1) is 0 Å². The highest BCUT2D eigenvalue weighted by Crippen LogP contribution is 2.19. The van der Waals surface area contributed by atoms with Gasteiger partial charge in [-0.1, -0.05) is 0 Å². The van der Waals surface area contributed by atoms with E-state index in [2.05, 4.69) is 0 Å². The maximum atomic E-state index is 12.2. The fourth-order valence-corrected chi connectivity index (χ4v) is 3.00. The van der Waals surface area contributed by atoms with Crippen LogP contribution in [0.5, 0.6) is 0 Å². The summed E-state index contributed by atoms with van der Waals surface area (Å²) in [6.45, 7) is 3.46. The molecule has 1 aliphatic heterocycles. The predicted molar refractivity (Wildman–Crippen MR) is 74.0 cm³/mol. The molecule has 19 heavy (non-hydrogen) atoms. The molecule has 1 aliphatic rings. The molecule has 1 saturated heterocycles. The van der Waals surface area contributed by atoms with Crippen molar-refractivity contribution in [2.75, 3.05) is 19.7 Å². The summed E-state index contributed by atoms with van der Waals surface area (Å²) in [6.07, 6.45) is 2.12. The normalized spacial score (nSPS) is 19.2. The Balaban J connectivity index is 1.89. The first-order valence-corrected chi connectivity index (χ1v) is 7.60. The first-order chi connectivity index (χ1) is 9.20.